The Morgan fingerprint density at radius 1 is 1.11 bits per heavy atom. The number of hydrogen-bond donors (Lipinski definition) is 1. The topological polar surface area (TPSA) is 35.2 Å². The predicted molar refractivity (Wildman–Crippen MR) is 78.3 cm³/mol. The Morgan fingerprint density at radius 3 is 2.61 bits per heavy atom. The van der Waals surface area contributed by atoms with Crippen molar-refractivity contribution in [3.05, 3.63) is 54.1 Å². The number of nitrogens with two attached hydrogens (primary N) is 1. The zero-order valence-corrected chi connectivity index (χ0v) is 11.2. The van der Waals surface area contributed by atoms with E-state index >= 15 is 0 Å². The van der Waals surface area contributed by atoms with Crippen molar-refractivity contribution in [2.75, 3.05) is 18.1 Å². The zero-order valence-electron chi connectivity index (χ0n) is 10.4. The molecule has 18 heavy (non-hydrogen) atoms. The number of ether oxygens (including phenoxy) is 1. The lowest BCUT2D eigenvalue weighted by atomic mass is 10.2. The van der Waals surface area contributed by atoms with E-state index in [1.54, 1.807) is 11.8 Å². The van der Waals surface area contributed by atoms with E-state index in [9.17, 15) is 0 Å². The molecule has 3 heteroatoms. The number of hydrogen-bond acceptors (Lipinski definition) is 3. The highest BCUT2D eigenvalue weighted by Gasteiger charge is 1.96. The number of benzene rings is 2. The third kappa shape index (κ3) is 4.00. The molecule has 0 spiro atoms. The Bertz CT molecular complexity index is 496. The van der Waals surface area contributed by atoms with Crippen molar-refractivity contribution in [1.29, 1.82) is 0 Å². The van der Waals surface area contributed by atoms with Gasteiger partial charge in [-0.2, -0.15) is 0 Å². The van der Waals surface area contributed by atoms with E-state index in [2.05, 4.69) is 25.1 Å². The first-order chi connectivity index (χ1) is 8.74. The summed E-state index contributed by atoms with van der Waals surface area (Å²) in [6.07, 6.45) is 0. The Morgan fingerprint density at radius 2 is 1.89 bits per heavy atom. The molecule has 2 aromatic rings. The fourth-order valence-corrected chi connectivity index (χ4v) is 2.35. The maximum atomic E-state index is 5.72. The molecule has 0 aromatic heterocycles. The van der Waals surface area contributed by atoms with Gasteiger partial charge in [-0.25, -0.2) is 0 Å². The van der Waals surface area contributed by atoms with Crippen molar-refractivity contribution in [3.8, 4) is 5.75 Å². The molecule has 0 heterocycles. The second-order valence-corrected chi connectivity index (χ2v) is 5.25. The summed E-state index contributed by atoms with van der Waals surface area (Å²) in [5.74, 6) is 1.84. The van der Waals surface area contributed by atoms with Gasteiger partial charge in [0.1, 0.15) is 5.75 Å². The lowest BCUT2D eigenvalue weighted by molar-refractivity contribution is 0.344. The third-order valence-corrected chi connectivity index (χ3v) is 3.46. The standard InChI is InChI=1S/C15H17NOS/c1-12-5-7-14(8-6-12)17-9-10-18-15-4-2-3-13(16)11-15/h2-8,11H,9-10,16H2,1H3. The first-order valence-corrected chi connectivity index (χ1v) is 6.90. The lowest BCUT2D eigenvalue weighted by Crippen LogP contribution is -1.99. The van der Waals surface area contributed by atoms with Gasteiger partial charge in [-0.3, -0.25) is 0 Å². The average molecular weight is 259 g/mol. The van der Waals surface area contributed by atoms with Crippen LogP contribution in [0.25, 0.3) is 0 Å². The van der Waals surface area contributed by atoms with Crippen LogP contribution in [0.3, 0.4) is 0 Å². The molecule has 94 valence electrons. The summed E-state index contributed by atoms with van der Waals surface area (Å²) >= 11 is 1.75. The highest BCUT2D eigenvalue weighted by molar-refractivity contribution is 7.99. The zero-order chi connectivity index (χ0) is 12.8. The molecule has 0 fully saturated rings. The monoisotopic (exact) mass is 259 g/mol. The molecule has 2 N–H and O–H groups in total. The fraction of sp³-hybridized carbons (Fsp3) is 0.200. The van der Waals surface area contributed by atoms with E-state index in [-0.39, 0.29) is 0 Å². The van der Waals surface area contributed by atoms with Crippen molar-refractivity contribution < 1.29 is 4.74 Å². The molecule has 2 rings (SSSR count). The predicted octanol–water partition coefficient (Wildman–Crippen LogP) is 3.75. The fourth-order valence-electron chi connectivity index (χ4n) is 1.56. The van der Waals surface area contributed by atoms with Gasteiger partial charge in [-0.15, -0.1) is 11.8 Å². The van der Waals surface area contributed by atoms with Crippen LogP contribution < -0.4 is 10.5 Å². The molecular weight excluding hydrogens is 242 g/mol. The number of rotatable bonds is 5. The van der Waals surface area contributed by atoms with Gasteiger partial charge in [-0.05, 0) is 37.3 Å². The van der Waals surface area contributed by atoms with Gasteiger partial charge in [0, 0.05) is 16.3 Å². The Kier molecular flexibility index (Phi) is 4.53. The molecule has 0 amide bonds. The van der Waals surface area contributed by atoms with Gasteiger partial charge in [0.25, 0.3) is 0 Å². The maximum absolute atomic E-state index is 5.72. The molecule has 0 atom stereocenters. The summed E-state index contributed by atoms with van der Waals surface area (Å²) in [4.78, 5) is 1.18. The van der Waals surface area contributed by atoms with E-state index in [4.69, 9.17) is 10.5 Å². The lowest BCUT2D eigenvalue weighted by Gasteiger charge is -2.06. The van der Waals surface area contributed by atoms with E-state index in [1.165, 1.54) is 10.5 Å². The van der Waals surface area contributed by atoms with E-state index < -0.39 is 0 Å². The molecular formula is C15H17NOS. The Labute approximate surface area is 112 Å². The van der Waals surface area contributed by atoms with Crippen LogP contribution in [0.1, 0.15) is 5.56 Å². The molecule has 2 nitrogen and oxygen atoms in total. The van der Waals surface area contributed by atoms with Gasteiger partial charge in [0.2, 0.25) is 0 Å². The van der Waals surface area contributed by atoms with E-state index in [1.807, 2.05) is 30.3 Å². The first kappa shape index (κ1) is 12.8. The highest BCUT2D eigenvalue weighted by Crippen LogP contribution is 2.20. The summed E-state index contributed by atoms with van der Waals surface area (Å²) in [5.41, 5.74) is 7.78. The molecule has 0 unspecified atom stereocenters. The summed E-state index contributed by atoms with van der Waals surface area (Å²) in [6.45, 7) is 2.77. The quantitative estimate of drug-likeness (QED) is 0.504. The number of aryl methyl sites for hydroxylation is 1. The third-order valence-electron chi connectivity index (χ3n) is 2.50. The van der Waals surface area contributed by atoms with Crippen LogP contribution in [0.5, 0.6) is 5.75 Å². The minimum absolute atomic E-state index is 0.697. The molecule has 0 aliphatic carbocycles. The molecule has 0 aliphatic heterocycles. The van der Waals surface area contributed by atoms with Crippen LogP contribution in [0, 0.1) is 6.92 Å². The van der Waals surface area contributed by atoms with Gasteiger partial charge >= 0.3 is 0 Å². The van der Waals surface area contributed by atoms with E-state index in [0.717, 1.165) is 17.2 Å². The first-order valence-electron chi connectivity index (χ1n) is 5.92. The second-order valence-electron chi connectivity index (χ2n) is 4.08. The number of anilines is 1. The molecule has 2 aromatic carbocycles. The number of nitrogen functional groups attached to an aromatic ring is 1. The van der Waals surface area contributed by atoms with Crippen molar-refractivity contribution in [3.63, 3.8) is 0 Å². The van der Waals surface area contributed by atoms with Crippen molar-refractivity contribution in [1.82, 2.24) is 0 Å². The van der Waals surface area contributed by atoms with Crippen LogP contribution >= 0.6 is 11.8 Å². The minimum atomic E-state index is 0.697. The van der Waals surface area contributed by atoms with Crippen molar-refractivity contribution in [2.24, 2.45) is 0 Å². The van der Waals surface area contributed by atoms with Crippen LogP contribution in [-0.4, -0.2) is 12.4 Å². The van der Waals surface area contributed by atoms with Gasteiger partial charge in [0.15, 0.2) is 0 Å². The normalized spacial score (nSPS) is 10.3. The average Bonchev–Trinajstić information content (AvgIpc) is 2.37. The van der Waals surface area contributed by atoms with Gasteiger partial charge in [0.05, 0.1) is 6.61 Å². The van der Waals surface area contributed by atoms with Gasteiger partial charge < -0.3 is 10.5 Å². The van der Waals surface area contributed by atoms with Gasteiger partial charge in [-0.1, -0.05) is 23.8 Å². The van der Waals surface area contributed by atoms with E-state index in [0.29, 0.717) is 6.61 Å². The molecule has 0 bridgehead atoms. The second kappa shape index (κ2) is 6.36. The highest BCUT2D eigenvalue weighted by atomic mass is 32.2. The Balaban J connectivity index is 1.74. The van der Waals surface area contributed by atoms with Crippen LogP contribution in [0.2, 0.25) is 0 Å². The smallest absolute Gasteiger partial charge is 0.119 e. The van der Waals surface area contributed by atoms with Crippen LogP contribution in [-0.2, 0) is 0 Å². The van der Waals surface area contributed by atoms with Crippen LogP contribution in [0.15, 0.2) is 53.4 Å². The summed E-state index contributed by atoms with van der Waals surface area (Å²) in [6, 6.07) is 16.0. The largest absolute Gasteiger partial charge is 0.493 e. The molecule has 0 saturated heterocycles. The molecule has 0 saturated carbocycles. The van der Waals surface area contributed by atoms with Crippen molar-refractivity contribution in [2.45, 2.75) is 11.8 Å². The van der Waals surface area contributed by atoms with Crippen molar-refractivity contribution >= 4 is 17.4 Å². The molecule has 0 radical (unpaired) electrons. The Hall–Kier alpha value is -1.61. The van der Waals surface area contributed by atoms with Crippen LogP contribution in [0.4, 0.5) is 5.69 Å². The SMILES string of the molecule is Cc1ccc(OCCSc2cccc(N)c2)cc1. The molecule has 0 aliphatic rings. The minimum Gasteiger partial charge on any atom is -0.493 e. The summed E-state index contributed by atoms with van der Waals surface area (Å²) in [7, 11) is 0. The maximum Gasteiger partial charge on any atom is 0.119 e. The number of thioether (sulfide) groups is 1. The summed E-state index contributed by atoms with van der Waals surface area (Å²) in [5, 5.41) is 0. The summed E-state index contributed by atoms with van der Waals surface area (Å²) < 4.78 is 5.66.